The van der Waals surface area contributed by atoms with E-state index in [1.807, 2.05) is 0 Å². The Balaban J connectivity index is 2.98. The molecule has 0 spiro atoms. The summed E-state index contributed by atoms with van der Waals surface area (Å²) in [4.78, 5) is 0.0663. The lowest BCUT2D eigenvalue weighted by molar-refractivity contribution is 0.403. The molecule has 0 fully saturated rings. The van der Waals surface area contributed by atoms with Gasteiger partial charge in [-0.1, -0.05) is 6.58 Å². The molecular weight excluding hydrogens is 280 g/mol. The standard InChI is InChI=1S/C14H14O5S/c1-4-20(17)11-7-8(15)12-9(18-2)5-6-10(19-3)13(12)14(11)16/h4-7,15-16H,1H2,2-3H3. The summed E-state index contributed by atoms with van der Waals surface area (Å²) in [6.45, 7) is 3.42. The van der Waals surface area contributed by atoms with Gasteiger partial charge in [-0.25, -0.2) is 4.21 Å². The van der Waals surface area contributed by atoms with E-state index in [9.17, 15) is 14.4 Å². The molecule has 0 bridgehead atoms. The lowest BCUT2D eigenvalue weighted by atomic mass is 10.1. The van der Waals surface area contributed by atoms with E-state index in [0.29, 0.717) is 16.9 Å². The molecule has 5 nitrogen and oxygen atoms in total. The molecule has 1 atom stereocenters. The molecule has 0 aliphatic carbocycles. The number of ether oxygens (including phenoxy) is 2. The van der Waals surface area contributed by atoms with Gasteiger partial charge in [0.2, 0.25) is 0 Å². The van der Waals surface area contributed by atoms with Crippen molar-refractivity contribution < 1.29 is 23.9 Å². The van der Waals surface area contributed by atoms with Crippen LogP contribution < -0.4 is 9.47 Å². The number of hydrogen-bond donors (Lipinski definition) is 2. The minimum absolute atomic E-state index is 0.0663. The van der Waals surface area contributed by atoms with Crippen molar-refractivity contribution in [3.05, 3.63) is 30.2 Å². The first kappa shape index (κ1) is 14.2. The van der Waals surface area contributed by atoms with E-state index in [1.54, 1.807) is 12.1 Å². The van der Waals surface area contributed by atoms with Crippen LogP contribution in [-0.2, 0) is 10.8 Å². The highest BCUT2D eigenvalue weighted by molar-refractivity contribution is 7.88. The van der Waals surface area contributed by atoms with E-state index in [1.165, 1.54) is 25.7 Å². The van der Waals surface area contributed by atoms with Gasteiger partial charge in [0, 0.05) is 11.5 Å². The Kier molecular flexibility index (Phi) is 3.85. The number of rotatable bonds is 4. The van der Waals surface area contributed by atoms with Crippen molar-refractivity contribution in [2.24, 2.45) is 0 Å². The maximum Gasteiger partial charge on any atom is 0.144 e. The molecule has 20 heavy (non-hydrogen) atoms. The Morgan fingerprint density at radius 2 is 1.70 bits per heavy atom. The maximum absolute atomic E-state index is 11.8. The number of hydrogen-bond acceptors (Lipinski definition) is 5. The molecule has 0 aromatic heterocycles. The third kappa shape index (κ3) is 2.08. The molecule has 0 heterocycles. The topological polar surface area (TPSA) is 76.0 Å². The van der Waals surface area contributed by atoms with Crippen LogP contribution in [0.5, 0.6) is 23.0 Å². The number of aromatic hydroxyl groups is 2. The zero-order valence-electron chi connectivity index (χ0n) is 11.0. The second kappa shape index (κ2) is 5.42. The summed E-state index contributed by atoms with van der Waals surface area (Å²) >= 11 is 0. The van der Waals surface area contributed by atoms with Gasteiger partial charge in [0.15, 0.2) is 0 Å². The molecule has 0 aliphatic rings. The largest absolute Gasteiger partial charge is 0.507 e. The minimum Gasteiger partial charge on any atom is -0.507 e. The number of benzene rings is 2. The smallest absolute Gasteiger partial charge is 0.144 e. The van der Waals surface area contributed by atoms with E-state index < -0.39 is 10.8 Å². The highest BCUT2D eigenvalue weighted by atomic mass is 32.2. The average Bonchev–Trinajstić information content (AvgIpc) is 2.48. The van der Waals surface area contributed by atoms with E-state index in [2.05, 4.69) is 6.58 Å². The molecule has 0 saturated carbocycles. The monoisotopic (exact) mass is 294 g/mol. The molecule has 2 N–H and O–H groups in total. The molecule has 6 heteroatoms. The molecule has 1 unspecified atom stereocenters. The summed E-state index contributed by atoms with van der Waals surface area (Å²) < 4.78 is 22.2. The molecule has 106 valence electrons. The van der Waals surface area contributed by atoms with E-state index in [4.69, 9.17) is 9.47 Å². The summed E-state index contributed by atoms with van der Waals surface area (Å²) in [5, 5.41) is 22.2. The normalized spacial score (nSPS) is 12.1. The summed E-state index contributed by atoms with van der Waals surface area (Å²) in [6, 6.07) is 4.45. The van der Waals surface area contributed by atoms with Gasteiger partial charge in [-0.3, -0.25) is 0 Å². The number of methoxy groups -OCH3 is 2. The van der Waals surface area contributed by atoms with Gasteiger partial charge in [0.05, 0.1) is 40.7 Å². The fraction of sp³-hybridized carbons (Fsp3) is 0.143. The Labute approximate surface area is 118 Å². The van der Waals surface area contributed by atoms with Crippen LogP contribution in [-0.4, -0.2) is 28.6 Å². The van der Waals surface area contributed by atoms with Gasteiger partial charge in [-0.05, 0) is 12.1 Å². The number of phenolic OH excluding ortho intramolecular Hbond substituents is 2. The van der Waals surface area contributed by atoms with Crippen molar-refractivity contribution in [1.82, 2.24) is 0 Å². The van der Waals surface area contributed by atoms with Gasteiger partial charge >= 0.3 is 0 Å². The number of fused-ring (bicyclic) bond motifs is 1. The van der Waals surface area contributed by atoms with E-state index in [0.717, 1.165) is 0 Å². The van der Waals surface area contributed by atoms with Crippen LogP contribution in [0, 0.1) is 0 Å². The van der Waals surface area contributed by atoms with Crippen LogP contribution in [0.25, 0.3) is 10.8 Å². The Morgan fingerprint density at radius 3 is 2.20 bits per heavy atom. The zero-order chi connectivity index (χ0) is 14.9. The highest BCUT2D eigenvalue weighted by Crippen LogP contribution is 2.46. The maximum atomic E-state index is 11.8. The Hall–Kier alpha value is -2.21. The predicted molar refractivity (Wildman–Crippen MR) is 77.0 cm³/mol. The van der Waals surface area contributed by atoms with E-state index in [-0.39, 0.29) is 21.8 Å². The lowest BCUT2D eigenvalue weighted by Gasteiger charge is -2.14. The quantitative estimate of drug-likeness (QED) is 0.847. The SMILES string of the molecule is C=CS(=O)c1cc(O)c2c(OC)ccc(OC)c2c1O. The Bertz CT molecular complexity index is 709. The first-order valence-electron chi connectivity index (χ1n) is 5.67. The van der Waals surface area contributed by atoms with Crippen LogP contribution >= 0.6 is 0 Å². The fourth-order valence-corrected chi connectivity index (χ4v) is 2.73. The molecule has 0 amide bonds. The first-order chi connectivity index (χ1) is 9.54. The second-order valence-corrected chi connectivity index (χ2v) is 5.29. The molecule has 0 radical (unpaired) electrons. The second-order valence-electron chi connectivity index (χ2n) is 3.93. The third-order valence-corrected chi connectivity index (χ3v) is 3.98. The molecule has 0 saturated heterocycles. The summed E-state index contributed by atoms with van der Waals surface area (Å²) in [6.07, 6.45) is 0. The van der Waals surface area contributed by atoms with Crippen LogP contribution in [0.2, 0.25) is 0 Å². The van der Waals surface area contributed by atoms with Crippen molar-refractivity contribution in [3.8, 4) is 23.0 Å². The van der Waals surface area contributed by atoms with Gasteiger partial charge < -0.3 is 19.7 Å². The molecule has 2 rings (SSSR count). The summed E-state index contributed by atoms with van der Waals surface area (Å²) in [5.74, 6) is 0.339. The van der Waals surface area contributed by atoms with Crippen LogP contribution in [0.15, 0.2) is 35.1 Å². The van der Waals surface area contributed by atoms with Gasteiger partial charge in [0.25, 0.3) is 0 Å². The zero-order valence-corrected chi connectivity index (χ0v) is 11.9. The van der Waals surface area contributed by atoms with Gasteiger partial charge in [0.1, 0.15) is 23.0 Å². The summed E-state index contributed by atoms with van der Waals surface area (Å²) in [7, 11) is 1.26. The lowest BCUT2D eigenvalue weighted by Crippen LogP contribution is -1.94. The fourth-order valence-electron chi connectivity index (χ4n) is 2.03. The van der Waals surface area contributed by atoms with Gasteiger partial charge in [-0.2, -0.15) is 0 Å². The highest BCUT2D eigenvalue weighted by Gasteiger charge is 2.20. The van der Waals surface area contributed by atoms with Crippen molar-refractivity contribution >= 4 is 21.6 Å². The van der Waals surface area contributed by atoms with Crippen LogP contribution in [0.4, 0.5) is 0 Å². The van der Waals surface area contributed by atoms with Crippen LogP contribution in [0.1, 0.15) is 0 Å². The van der Waals surface area contributed by atoms with Crippen molar-refractivity contribution in [2.45, 2.75) is 4.90 Å². The third-order valence-electron chi connectivity index (χ3n) is 2.93. The summed E-state index contributed by atoms with van der Waals surface area (Å²) in [5.41, 5.74) is 0. The van der Waals surface area contributed by atoms with Crippen molar-refractivity contribution in [3.63, 3.8) is 0 Å². The van der Waals surface area contributed by atoms with Crippen molar-refractivity contribution in [1.29, 1.82) is 0 Å². The molecular formula is C14H14O5S. The van der Waals surface area contributed by atoms with Gasteiger partial charge in [-0.15, -0.1) is 0 Å². The first-order valence-corrected chi connectivity index (χ1v) is 6.89. The molecule has 2 aromatic rings. The Morgan fingerprint density at radius 1 is 1.15 bits per heavy atom. The van der Waals surface area contributed by atoms with Crippen molar-refractivity contribution in [2.75, 3.05) is 14.2 Å². The van der Waals surface area contributed by atoms with E-state index >= 15 is 0 Å². The predicted octanol–water partition coefficient (Wildman–Crippen LogP) is 2.52. The average molecular weight is 294 g/mol. The minimum atomic E-state index is -1.63. The molecule has 2 aromatic carbocycles. The van der Waals surface area contributed by atoms with Crippen LogP contribution in [0.3, 0.4) is 0 Å². The number of phenols is 2. The molecule has 0 aliphatic heterocycles.